The van der Waals surface area contributed by atoms with Crippen LogP contribution in [0.1, 0.15) is 23.2 Å². The zero-order valence-corrected chi connectivity index (χ0v) is 12.8. The fourth-order valence-corrected chi connectivity index (χ4v) is 3.17. The number of aromatic carboxylic acids is 1. The van der Waals surface area contributed by atoms with Gasteiger partial charge >= 0.3 is 5.97 Å². The highest BCUT2D eigenvalue weighted by Gasteiger charge is 2.31. The van der Waals surface area contributed by atoms with Crippen molar-refractivity contribution in [2.45, 2.75) is 12.8 Å². The highest BCUT2D eigenvalue weighted by Crippen LogP contribution is 2.38. The Kier molecular flexibility index (Phi) is 3.85. The molecule has 5 nitrogen and oxygen atoms in total. The van der Waals surface area contributed by atoms with Gasteiger partial charge in [0, 0.05) is 16.9 Å². The molecule has 2 aromatic rings. The Morgan fingerprint density at radius 2 is 1.95 bits per heavy atom. The van der Waals surface area contributed by atoms with Crippen molar-refractivity contribution < 1.29 is 19.4 Å². The molecule has 0 atom stereocenters. The Morgan fingerprint density at radius 3 is 2.50 bits per heavy atom. The van der Waals surface area contributed by atoms with Crippen LogP contribution < -0.4 is 10.1 Å². The molecule has 114 valence electrons. The second-order valence-corrected chi connectivity index (χ2v) is 6.03. The van der Waals surface area contributed by atoms with E-state index in [-0.39, 0.29) is 17.4 Å². The van der Waals surface area contributed by atoms with Crippen LogP contribution in [-0.2, 0) is 4.79 Å². The lowest BCUT2D eigenvalue weighted by atomic mass is 10.0. The third kappa shape index (κ3) is 2.82. The minimum absolute atomic E-state index is 0.0354. The van der Waals surface area contributed by atoms with Crippen LogP contribution in [-0.4, -0.2) is 24.1 Å². The molecule has 2 N–H and O–H groups in total. The van der Waals surface area contributed by atoms with Gasteiger partial charge in [0.05, 0.1) is 7.11 Å². The number of amides is 1. The van der Waals surface area contributed by atoms with E-state index in [0.29, 0.717) is 16.3 Å². The van der Waals surface area contributed by atoms with Crippen molar-refractivity contribution in [1.29, 1.82) is 0 Å². The molecular formula is C16H15NO4S. The molecule has 0 radical (unpaired) electrons. The quantitative estimate of drug-likeness (QED) is 0.885. The number of ether oxygens (including phenoxy) is 1. The zero-order chi connectivity index (χ0) is 15.7. The molecule has 22 heavy (non-hydrogen) atoms. The van der Waals surface area contributed by atoms with Gasteiger partial charge < -0.3 is 15.2 Å². The molecule has 1 fully saturated rings. The van der Waals surface area contributed by atoms with Gasteiger partial charge in [0.2, 0.25) is 5.91 Å². The number of hydrogen-bond acceptors (Lipinski definition) is 4. The van der Waals surface area contributed by atoms with Crippen LogP contribution in [0.4, 0.5) is 5.00 Å². The van der Waals surface area contributed by atoms with E-state index in [4.69, 9.17) is 4.74 Å². The van der Waals surface area contributed by atoms with Gasteiger partial charge in [-0.1, -0.05) is 12.1 Å². The number of benzene rings is 1. The highest BCUT2D eigenvalue weighted by atomic mass is 32.1. The number of rotatable bonds is 5. The lowest BCUT2D eigenvalue weighted by Crippen LogP contribution is -2.14. The van der Waals surface area contributed by atoms with Gasteiger partial charge in [-0.05, 0) is 30.5 Å². The first-order valence-electron chi connectivity index (χ1n) is 6.90. The summed E-state index contributed by atoms with van der Waals surface area (Å²) in [5.41, 5.74) is 1.52. The van der Waals surface area contributed by atoms with Crippen molar-refractivity contribution in [3.63, 3.8) is 0 Å². The lowest BCUT2D eigenvalue weighted by molar-refractivity contribution is -0.117. The van der Waals surface area contributed by atoms with Gasteiger partial charge in [-0.3, -0.25) is 4.79 Å². The van der Waals surface area contributed by atoms with Crippen LogP contribution in [0.3, 0.4) is 0 Å². The van der Waals surface area contributed by atoms with Crippen molar-refractivity contribution in [1.82, 2.24) is 0 Å². The summed E-state index contributed by atoms with van der Waals surface area (Å²) in [4.78, 5) is 23.5. The zero-order valence-electron chi connectivity index (χ0n) is 12.0. The number of anilines is 1. The third-order valence-corrected chi connectivity index (χ3v) is 4.49. The van der Waals surface area contributed by atoms with Crippen LogP contribution in [0.25, 0.3) is 11.1 Å². The summed E-state index contributed by atoms with van der Waals surface area (Å²) in [5.74, 6) is -0.393. The van der Waals surface area contributed by atoms with E-state index >= 15 is 0 Å². The molecular weight excluding hydrogens is 302 g/mol. The van der Waals surface area contributed by atoms with Gasteiger partial charge in [-0.15, -0.1) is 11.3 Å². The molecule has 6 heteroatoms. The lowest BCUT2D eigenvalue weighted by Gasteiger charge is -2.06. The van der Waals surface area contributed by atoms with Crippen molar-refractivity contribution in [2.75, 3.05) is 12.4 Å². The molecule has 1 heterocycles. The van der Waals surface area contributed by atoms with E-state index in [1.54, 1.807) is 36.8 Å². The van der Waals surface area contributed by atoms with E-state index in [2.05, 4.69) is 5.32 Å². The largest absolute Gasteiger partial charge is 0.497 e. The first-order chi connectivity index (χ1) is 10.6. The van der Waals surface area contributed by atoms with Gasteiger partial charge in [-0.2, -0.15) is 0 Å². The van der Waals surface area contributed by atoms with E-state index in [9.17, 15) is 14.7 Å². The molecule has 0 spiro atoms. The number of hydrogen-bond donors (Lipinski definition) is 2. The second kappa shape index (κ2) is 5.81. The molecule has 0 aliphatic heterocycles. The molecule has 1 aromatic carbocycles. The third-order valence-electron chi connectivity index (χ3n) is 3.59. The maximum Gasteiger partial charge on any atom is 0.339 e. The second-order valence-electron chi connectivity index (χ2n) is 5.15. The van der Waals surface area contributed by atoms with Gasteiger partial charge in [0.25, 0.3) is 0 Å². The van der Waals surface area contributed by atoms with Crippen molar-refractivity contribution in [3.8, 4) is 16.9 Å². The minimum Gasteiger partial charge on any atom is -0.497 e. The molecule has 1 amide bonds. The van der Waals surface area contributed by atoms with Gasteiger partial charge in [-0.25, -0.2) is 4.79 Å². The summed E-state index contributed by atoms with van der Waals surface area (Å²) in [6, 6.07) is 7.17. The predicted molar refractivity (Wildman–Crippen MR) is 84.6 cm³/mol. The van der Waals surface area contributed by atoms with Crippen molar-refractivity contribution in [2.24, 2.45) is 5.92 Å². The normalized spacial score (nSPS) is 13.7. The van der Waals surface area contributed by atoms with E-state index in [0.717, 1.165) is 18.4 Å². The topological polar surface area (TPSA) is 75.6 Å². The Bertz CT molecular complexity index is 716. The number of carboxylic acid groups (broad SMARTS) is 1. The minimum atomic E-state index is -1.04. The van der Waals surface area contributed by atoms with Gasteiger partial charge in [0.15, 0.2) is 0 Å². The number of methoxy groups -OCH3 is 1. The molecule has 0 unspecified atom stereocenters. The molecule has 3 rings (SSSR count). The first-order valence-corrected chi connectivity index (χ1v) is 7.78. The van der Waals surface area contributed by atoms with E-state index in [1.807, 2.05) is 0 Å². The summed E-state index contributed by atoms with van der Waals surface area (Å²) in [7, 11) is 1.58. The average Bonchev–Trinajstić information content (AvgIpc) is 3.28. The number of carbonyl (C=O) groups excluding carboxylic acids is 1. The van der Waals surface area contributed by atoms with Crippen LogP contribution >= 0.6 is 11.3 Å². The summed E-state index contributed by atoms with van der Waals surface area (Å²) >= 11 is 1.24. The Morgan fingerprint density at radius 1 is 1.27 bits per heavy atom. The van der Waals surface area contributed by atoms with Crippen molar-refractivity contribution in [3.05, 3.63) is 35.2 Å². The SMILES string of the molecule is COc1ccc(-c2csc(NC(=O)C3CC3)c2C(=O)O)cc1. The molecule has 0 saturated heterocycles. The number of nitrogens with one attached hydrogen (secondary N) is 1. The molecule has 1 aromatic heterocycles. The fraction of sp³-hybridized carbons (Fsp3) is 0.250. The smallest absolute Gasteiger partial charge is 0.339 e. The summed E-state index contributed by atoms with van der Waals surface area (Å²) in [5, 5.41) is 14.4. The molecule has 1 aliphatic rings. The van der Waals surface area contributed by atoms with E-state index in [1.165, 1.54) is 11.3 Å². The predicted octanol–water partition coefficient (Wildman–Crippen LogP) is 3.47. The summed E-state index contributed by atoms with van der Waals surface area (Å²) in [6.07, 6.45) is 1.76. The molecule has 1 aliphatic carbocycles. The maximum absolute atomic E-state index is 11.9. The molecule has 1 saturated carbocycles. The maximum atomic E-state index is 11.9. The van der Waals surface area contributed by atoms with Gasteiger partial charge in [0.1, 0.15) is 16.3 Å². The van der Waals surface area contributed by atoms with Crippen molar-refractivity contribution >= 4 is 28.2 Å². The average molecular weight is 317 g/mol. The van der Waals surface area contributed by atoms with Crippen LogP contribution in [0.5, 0.6) is 5.75 Å². The van der Waals surface area contributed by atoms with Crippen LogP contribution in [0, 0.1) is 5.92 Å². The highest BCUT2D eigenvalue weighted by molar-refractivity contribution is 7.15. The fourth-order valence-electron chi connectivity index (χ4n) is 2.20. The number of thiophene rings is 1. The monoisotopic (exact) mass is 317 g/mol. The molecule has 0 bridgehead atoms. The van der Waals surface area contributed by atoms with Crippen LogP contribution in [0.2, 0.25) is 0 Å². The first kappa shape index (κ1) is 14.6. The number of carbonyl (C=O) groups is 2. The summed E-state index contributed by atoms with van der Waals surface area (Å²) in [6.45, 7) is 0. The Hall–Kier alpha value is -2.34. The Labute approximate surface area is 131 Å². The van der Waals surface area contributed by atoms with Crippen LogP contribution in [0.15, 0.2) is 29.6 Å². The van der Waals surface area contributed by atoms with E-state index < -0.39 is 5.97 Å². The summed E-state index contributed by atoms with van der Waals surface area (Å²) < 4.78 is 5.10. The number of carboxylic acids is 1. The standard InChI is InChI=1S/C16H15NO4S/c1-21-11-6-4-9(5-7-11)12-8-22-15(13(12)16(19)20)17-14(18)10-2-3-10/h4-8,10H,2-3H2,1H3,(H,17,18)(H,19,20). The Balaban J connectivity index is 1.94.